The molecule has 2 bridgehead atoms. The largest absolute Gasteiger partial charge is 0.390 e. The van der Waals surface area contributed by atoms with Crippen molar-refractivity contribution in [3.8, 4) is 0 Å². The monoisotopic (exact) mass is 242 g/mol. The van der Waals surface area contributed by atoms with Gasteiger partial charge in [-0.3, -0.25) is 0 Å². The van der Waals surface area contributed by atoms with Crippen LogP contribution in [0.2, 0.25) is 19.6 Å². The van der Waals surface area contributed by atoms with Crippen LogP contribution in [0.15, 0.2) is 0 Å². The summed E-state index contributed by atoms with van der Waals surface area (Å²) in [5.41, 5.74) is 0.145. The average molecular weight is 242 g/mol. The number of hydrogen-bond acceptors (Lipinski definition) is 2. The molecule has 2 saturated carbocycles. The Bertz CT molecular complexity index is 308. The molecule has 3 heteroatoms. The Morgan fingerprint density at radius 2 is 1.75 bits per heavy atom. The first kappa shape index (κ1) is 12.6. The van der Waals surface area contributed by atoms with Gasteiger partial charge in [-0.05, 0) is 43.8 Å². The molecule has 2 nitrogen and oxygen atoms in total. The highest BCUT2D eigenvalue weighted by Crippen LogP contribution is 2.70. The fourth-order valence-corrected chi connectivity index (χ4v) is 5.19. The quantitative estimate of drug-likeness (QED) is 0.594. The van der Waals surface area contributed by atoms with Crippen molar-refractivity contribution < 1.29 is 9.53 Å². The van der Waals surface area contributed by atoms with E-state index in [0.717, 1.165) is 12.8 Å². The Kier molecular flexibility index (Phi) is 2.46. The molecule has 2 aliphatic carbocycles. The van der Waals surface area contributed by atoms with E-state index in [1.165, 1.54) is 6.42 Å². The maximum absolute atomic E-state index is 10.9. The minimum Gasteiger partial charge on any atom is -0.390 e. The smallest absolute Gasteiger partial charge is 0.187 e. The van der Waals surface area contributed by atoms with E-state index in [-0.39, 0.29) is 10.8 Å². The van der Waals surface area contributed by atoms with Gasteiger partial charge in [0.25, 0.3) is 0 Å². The van der Waals surface area contributed by atoms with Crippen LogP contribution < -0.4 is 0 Å². The highest BCUT2D eigenvalue weighted by molar-refractivity contribution is 6.69. The van der Waals surface area contributed by atoms with Crippen LogP contribution in [0.5, 0.6) is 0 Å². The van der Waals surface area contributed by atoms with Gasteiger partial charge in [-0.1, -0.05) is 20.8 Å². The van der Waals surface area contributed by atoms with Gasteiger partial charge in [0.2, 0.25) is 0 Å². The molecule has 3 atom stereocenters. The Hall–Kier alpha value is 0.137. The van der Waals surface area contributed by atoms with Crippen LogP contribution in [-0.2, 0) is 4.43 Å². The van der Waals surface area contributed by atoms with E-state index in [0.29, 0.717) is 5.92 Å². The highest BCUT2D eigenvalue weighted by Gasteiger charge is 2.69. The first-order valence-corrected chi connectivity index (χ1v) is 9.85. The minimum absolute atomic E-state index is 0.0645. The van der Waals surface area contributed by atoms with Crippen molar-refractivity contribution in [2.24, 2.45) is 16.7 Å². The van der Waals surface area contributed by atoms with Gasteiger partial charge < -0.3 is 9.53 Å². The summed E-state index contributed by atoms with van der Waals surface area (Å²) in [6.45, 7) is 13.3. The predicted octanol–water partition coefficient (Wildman–Crippen LogP) is 3.37. The molecule has 16 heavy (non-hydrogen) atoms. The van der Waals surface area contributed by atoms with Gasteiger partial charge >= 0.3 is 0 Å². The van der Waals surface area contributed by atoms with Gasteiger partial charge in [0.1, 0.15) is 0 Å². The fraction of sp³-hybridized carbons (Fsp3) is 1.00. The van der Waals surface area contributed by atoms with Gasteiger partial charge in [0, 0.05) is 11.8 Å². The molecule has 1 N–H and O–H groups in total. The summed E-state index contributed by atoms with van der Waals surface area (Å²) in [7, 11) is -1.69. The molecule has 2 rings (SSSR count). The van der Waals surface area contributed by atoms with Crippen LogP contribution in [0, 0.1) is 16.7 Å². The summed E-state index contributed by atoms with van der Waals surface area (Å²) in [5.74, 6) is -0.247. The van der Waals surface area contributed by atoms with Gasteiger partial charge in [-0.15, -0.1) is 0 Å². The van der Waals surface area contributed by atoms with Gasteiger partial charge in [0.05, 0.1) is 0 Å². The van der Waals surface area contributed by atoms with E-state index in [9.17, 15) is 5.11 Å². The van der Waals surface area contributed by atoms with E-state index in [1.807, 2.05) is 0 Å². The lowest BCUT2D eigenvalue weighted by molar-refractivity contribution is -0.228. The van der Waals surface area contributed by atoms with E-state index in [2.05, 4.69) is 40.4 Å². The third-order valence-corrected chi connectivity index (χ3v) is 6.25. The molecule has 0 spiro atoms. The van der Waals surface area contributed by atoms with E-state index < -0.39 is 14.1 Å². The zero-order valence-electron chi connectivity index (χ0n) is 11.6. The fourth-order valence-electron chi connectivity index (χ4n) is 3.87. The zero-order chi connectivity index (χ0) is 12.4. The summed E-state index contributed by atoms with van der Waals surface area (Å²) in [6, 6.07) is 0. The lowest BCUT2D eigenvalue weighted by Crippen LogP contribution is -2.53. The Morgan fingerprint density at radius 1 is 1.19 bits per heavy atom. The summed E-state index contributed by atoms with van der Waals surface area (Å²) < 4.78 is 6.15. The molecule has 0 saturated heterocycles. The molecule has 0 radical (unpaired) electrons. The number of fused-ring (bicyclic) bond motifs is 2. The standard InChI is InChI=1S/C13H26O2Si/c1-11(2)10-7-8-12(11,3)13(14,9-10)15-16(4,5)6/h10,14H,7-9H2,1-6H3. The van der Waals surface area contributed by atoms with E-state index in [4.69, 9.17) is 4.43 Å². The van der Waals surface area contributed by atoms with Crippen LogP contribution in [0.25, 0.3) is 0 Å². The Balaban J connectivity index is 2.33. The summed E-state index contributed by atoms with van der Waals surface area (Å²) in [6.07, 6.45) is 3.19. The maximum Gasteiger partial charge on any atom is 0.187 e. The second-order valence-corrected chi connectivity index (χ2v) is 11.9. The van der Waals surface area contributed by atoms with Crippen LogP contribution in [0.3, 0.4) is 0 Å². The second-order valence-electron chi connectivity index (χ2n) is 7.49. The van der Waals surface area contributed by atoms with Crippen LogP contribution >= 0.6 is 0 Å². The lowest BCUT2D eigenvalue weighted by Gasteiger charge is -2.47. The molecular formula is C13H26O2Si. The highest BCUT2D eigenvalue weighted by atomic mass is 28.4. The van der Waals surface area contributed by atoms with E-state index >= 15 is 0 Å². The molecule has 0 aromatic carbocycles. The van der Waals surface area contributed by atoms with Crippen LogP contribution in [-0.4, -0.2) is 19.2 Å². The molecule has 0 amide bonds. The molecule has 3 unspecified atom stereocenters. The molecule has 0 aromatic rings. The third-order valence-electron chi connectivity index (χ3n) is 5.30. The minimum atomic E-state index is -1.69. The SMILES string of the molecule is CC1(C)C2CCC1(C)C(O)(O[Si](C)(C)C)C2. The van der Waals surface area contributed by atoms with E-state index in [1.54, 1.807) is 0 Å². The van der Waals surface area contributed by atoms with Gasteiger partial charge in [-0.2, -0.15) is 0 Å². The third kappa shape index (κ3) is 1.44. The lowest BCUT2D eigenvalue weighted by atomic mass is 9.68. The van der Waals surface area contributed by atoms with Crippen molar-refractivity contribution in [3.05, 3.63) is 0 Å². The summed E-state index contributed by atoms with van der Waals surface area (Å²) in [4.78, 5) is 0. The molecule has 0 aromatic heterocycles. The number of rotatable bonds is 2. The molecule has 2 aliphatic rings. The molecule has 2 fully saturated rings. The van der Waals surface area contributed by atoms with Crippen molar-refractivity contribution in [3.63, 3.8) is 0 Å². The Morgan fingerprint density at radius 3 is 2.06 bits per heavy atom. The van der Waals surface area contributed by atoms with Crippen molar-refractivity contribution >= 4 is 8.32 Å². The van der Waals surface area contributed by atoms with Crippen LogP contribution in [0.1, 0.15) is 40.0 Å². The number of hydrogen-bond donors (Lipinski definition) is 1. The first-order valence-electron chi connectivity index (χ1n) is 6.44. The molecule has 0 heterocycles. The van der Waals surface area contributed by atoms with Crippen LogP contribution in [0.4, 0.5) is 0 Å². The average Bonchev–Trinajstić information content (AvgIpc) is 2.32. The normalized spacial score (nSPS) is 46.3. The zero-order valence-corrected chi connectivity index (χ0v) is 12.6. The van der Waals surface area contributed by atoms with Gasteiger partial charge in [-0.25, -0.2) is 0 Å². The molecule has 0 aliphatic heterocycles. The van der Waals surface area contributed by atoms with Crippen molar-refractivity contribution in [1.82, 2.24) is 0 Å². The number of aliphatic hydroxyl groups is 1. The topological polar surface area (TPSA) is 29.5 Å². The van der Waals surface area contributed by atoms with Crippen molar-refractivity contribution in [2.45, 2.75) is 65.5 Å². The summed E-state index contributed by atoms with van der Waals surface area (Å²) >= 11 is 0. The van der Waals surface area contributed by atoms with Crippen molar-refractivity contribution in [1.29, 1.82) is 0 Å². The Labute approximate surface area is 101 Å². The van der Waals surface area contributed by atoms with Crippen molar-refractivity contribution in [2.75, 3.05) is 0 Å². The molecular weight excluding hydrogens is 216 g/mol. The first-order chi connectivity index (χ1) is 7.02. The second kappa shape index (κ2) is 3.12. The summed E-state index contributed by atoms with van der Waals surface area (Å²) in [5, 5.41) is 10.9. The molecule has 94 valence electrons. The maximum atomic E-state index is 10.9. The van der Waals surface area contributed by atoms with Gasteiger partial charge in [0.15, 0.2) is 14.1 Å². The predicted molar refractivity (Wildman–Crippen MR) is 68.6 cm³/mol.